The van der Waals surface area contributed by atoms with Gasteiger partial charge in [-0.2, -0.15) is 8.42 Å². The Morgan fingerprint density at radius 1 is 1.20 bits per heavy atom. The molecule has 0 aliphatic carbocycles. The second-order valence-corrected chi connectivity index (χ2v) is 10.6. The highest BCUT2D eigenvalue weighted by atomic mass is 79.9. The average molecular weight is 454 g/mol. The highest BCUT2D eigenvalue weighted by molar-refractivity contribution is 9.11. The summed E-state index contributed by atoms with van der Waals surface area (Å²) in [5.41, 5.74) is 0.971. The second kappa shape index (κ2) is 9.27. The van der Waals surface area contributed by atoms with Crippen molar-refractivity contribution in [1.29, 1.82) is 0 Å². The molecule has 1 aromatic rings. The SMILES string of the molecule is Cc1ccc(S(=O)(=O)N[C@H](/C=C(\Br)COS(C)(=O)=O)CC(C)C)cc1. The number of halogens is 1. The molecule has 0 fully saturated rings. The Balaban J connectivity index is 2.96. The van der Waals surface area contributed by atoms with E-state index >= 15 is 0 Å². The van der Waals surface area contributed by atoms with Gasteiger partial charge in [0.05, 0.1) is 17.8 Å². The van der Waals surface area contributed by atoms with Gasteiger partial charge in [0.1, 0.15) is 0 Å². The molecule has 0 radical (unpaired) electrons. The largest absolute Gasteiger partial charge is 0.265 e. The van der Waals surface area contributed by atoms with Crippen molar-refractivity contribution in [2.75, 3.05) is 12.9 Å². The first kappa shape index (κ1) is 22.3. The fourth-order valence-corrected chi connectivity index (χ4v) is 4.19. The van der Waals surface area contributed by atoms with Crippen LogP contribution in [0.3, 0.4) is 0 Å². The molecule has 25 heavy (non-hydrogen) atoms. The molecule has 0 unspecified atom stereocenters. The van der Waals surface area contributed by atoms with E-state index in [9.17, 15) is 16.8 Å². The number of sulfonamides is 1. The zero-order chi connectivity index (χ0) is 19.3. The van der Waals surface area contributed by atoms with E-state index in [1.807, 2.05) is 20.8 Å². The Labute approximate surface area is 159 Å². The lowest BCUT2D eigenvalue weighted by molar-refractivity contribution is 0.358. The van der Waals surface area contributed by atoms with E-state index in [0.29, 0.717) is 10.9 Å². The van der Waals surface area contributed by atoms with Crippen LogP contribution in [0, 0.1) is 12.8 Å². The fraction of sp³-hybridized carbons (Fsp3) is 0.500. The quantitative estimate of drug-likeness (QED) is 0.580. The predicted octanol–water partition coefficient (Wildman–Crippen LogP) is 2.94. The van der Waals surface area contributed by atoms with Crippen LogP contribution in [0.1, 0.15) is 25.8 Å². The Morgan fingerprint density at radius 2 is 1.76 bits per heavy atom. The molecule has 0 saturated heterocycles. The molecule has 6 nitrogen and oxygen atoms in total. The van der Waals surface area contributed by atoms with Gasteiger partial charge in [-0.1, -0.05) is 53.5 Å². The van der Waals surface area contributed by atoms with E-state index in [4.69, 9.17) is 4.18 Å². The molecule has 142 valence electrons. The molecule has 0 bridgehead atoms. The molecule has 1 aromatic carbocycles. The van der Waals surface area contributed by atoms with Crippen LogP contribution in [0.5, 0.6) is 0 Å². The van der Waals surface area contributed by atoms with Crippen molar-refractivity contribution >= 4 is 36.1 Å². The number of aryl methyl sites for hydroxylation is 1. The third-order valence-electron chi connectivity index (χ3n) is 3.16. The van der Waals surface area contributed by atoms with Crippen LogP contribution in [0.25, 0.3) is 0 Å². The van der Waals surface area contributed by atoms with Gasteiger partial charge in [-0.3, -0.25) is 4.18 Å². The van der Waals surface area contributed by atoms with Gasteiger partial charge in [0.2, 0.25) is 10.0 Å². The minimum Gasteiger partial charge on any atom is -0.265 e. The average Bonchev–Trinajstić information content (AvgIpc) is 2.43. The molecule has 0 saturated carbocycles. The van der Waals surface area contributed by atoms with Crippen LogP contribution in [-0.2, 0) is 24.3 Å². The maximum absolute atomic E-state index is 12.6. The molecule has 0 amide bonds. The number of hydrogen-bond acceptors (Lipinski definition) is 5. The lowest BCUT2D eigenvalue weighted by Gasteiger charge is -2.18. The summed E-state index contributed by atoms with van der Waals surface area (Å²) in [6.07, 6.45) is 3.13. The Morgan fingerprint density at radius 3 is 2.24 bits per heavy atom. The zero-order valence-electron chi connectivity index (χ0n) is 14.7. The van der Waals surface area contributed by atoms with Gasteiger partial charge in [0, 0.05) is 10.5 Å². The van der Waals surface area contributed by atoms with Crippen LogP contribution in [0.15, 0.2) is 39.7 Å². The monoisotopic (exact) mass is 453 g/mol. The molecular weight excluding hydrogens is 430 g/mol. The van der Waals surface area contributed by atoms with Crippen LogP contribution in [0.2, 0.25) is 0 Å². The number of benzene rings is 1. The number of nitrogens with one attached hydrogen (secondary N) is 1. The molecule has 0 aromatic heterocycles. The van der Waals surface area contributed by atoms with Crippen molar-refractivity contribution < 1.29 is 21.0 Å². The summed E-state index contributed by atoms with van der Waals surface area (Å²) < 4.78 is 55.0. The molecule has 9 heteroatoms. The summed E-state index contributed by atoms with van der Waals surface area (Å²) in [6.45, 7) is 5.65. The maximum Gasteiger partial charge on any atom is 0.264 e. The van der Waals surface area contributed by atoms with Gasteiger partial charge in [0.15, 0.2) is 0 Å². The van der Waals surface area contributed by atoms with Gasteiger partial charge in [-0.25, -0.2) is 13.1 Å². The first-order valence-corrected chi connectivity index (χ1v) is 11.8. The van der Waals surface area contributed by atoms with Crippen molar-refractivity contribution in [3.05, 3.63) is 40.4 Å². The van der Waals surface area contributed by atoms with E-state index in [-0.39, 0.29) is 17.4 Å². The van der Waals surface area contributed by atoms with Crippen LogP contribution in [-0.4, -0.2) is 35.7 Å². The normalized spacial score (nSPS) is 14.7. The Hall–Kier alpha value is -0.740. The Kier molecular flexibility index (Phi) is 8.27. The van der Waals surface area contributed by atoms with E-state index in [0.717, 1.165) is 11.8 Å². The minimum absolute atomic E-state index is 0.181. The van der Waals surface area contributed by atoms with Crippen LogP contribution in [0.4, 0.5) is 0 Å². The van der Waals surface area contributed by atoms with E-state index in [1.165, 1.54) is 0 Å². The zero-order valence-corrected chi connectivity index (χ0v) is 17.9. The van der Waals surface area contributed by atoms with Crippen molar-refractivity contribution in [3.63, 3.8) is 0 Å². The molecule has 0 spiro atoms. The highest BCUT2D eigenvalue weighted by Gasteiger charge is 2.20. The summed E-state index contributed by atoms with van der Waals surface area (Å²) in [6, 6.07) is 6.07. The van der Waals surface area contributed by atoms with E-state index < -0.39 is 26.2 Å². The first-order valence-electron chi connectivity index (χ1n) is 7.68. The lowest BCUT2D eigenvalue weighted by Crippen LogP contribution is -2.34. The third kappa shape index (κ3) is 8.96. The molecule has 0 aliphatic heterocycles. The van der Waals surface area contributed by atoms with E-state index in [2.05, 4.69) is 20.7 Å². The van der Waals surface area contributed by atoms with Crippen LogP contribution >= 0.6 is 15.9 Å². The summed E-state index contributed by atoms with van der Waals surface area (Å²) >= 11 is 3.23. The molecule has 1 atom stereocenters. The van der Waals surface area contributed by atoms with Crippen molar-refractivity contribution in [1.82, 2.24) is 4.72 Å². The smallest absolute Gasteiger partial charge is 0.264 e. The summed E-state index contributed by atoms with van der Waals surface area (Å²) in [5, 5.41) is 0. The lowest BCUT2D eigenvalue weighted by atomic mass is 10.0. The molecule has 1 N–H and O–H groups in total. The second-order valence-electron chi connectivity index (χ2n) is 6.25. The molecule has 1 rings (SSSR count). The minimum atomic E-state index is -3.69. The summed E-state index contributed by atoms with van der Waals surface area (Å²) in [4.78, 5) is 0.184. The fourth-order valence-electron chi connectivity index (χ4n) is 2.07. The van der Waals surface area contributed by atoms with Gasteiger partial charge in [-0.05, 0) is 31.4 Å². The van der Waals surface area contributed by atoms with E-state index in [1.54, 1.807) is 30.3 Å². The van der Waals surface area contributed by atoms with Crippen LogP contribution < -0.4 is 4.72 Å². The van der Waals surface area contributed by atoms with Crippen molar-refractivity contribution in [3.8, 4) is 0 Å². The van der Waals surface area contributed by atoms with Gasteiger partial charge >= 0.3 is 0 Å². The molecular formula is C16H24BrNO5S2. The number of rotatable bonds is 9. The van der Waals surface area contributed by atoms with Gasteiger partial charge in [0.25, 0.3) is 10.1 Å². The highest BCUT2D eigenvalue weighted by Crippen LogP contribution is 2.17. The molecule has 0 aliphatic rings. The van der Waals surface area contributed by atoms with Gasteiger partial charge < -0.3 is 0 Å². The standard InChI is InChI=1S/C16H24BrNO5S2/c1-12(2)9-15(10-14(17)11-23-24(4,19)20)18-25(21,22)16-7-5-13(3)6-8-16/h5-8,10,12,15,18H,9,11H2,1-4H3/b14-10-/t15-/m0/s1. The maximum atomic E-state index is 12.6. The third-order valence-corrected chi connectivity index (χ3v) is 5.70. The first-order chi connectivity index (χ1) is 11.4. The predicted molar refractivity (Wildman–Crippen MR) is 103 cm³/mol. The summed E-state index contributed by atoms with van der Waals surface area (Å²) in [7, 11) is -7.26. The van der Waals surface area contributed by atoms with Crippen molar-refractivity contribution in [2.24, 2.45) is 5.92 Å². The van der Waals surface area contributed by atoms with Gasteiger partial charge in [-0.15, -0.1) is 0 Å². The molecule has 0 heterocycles. The van der Waals surface area contributed by atoms with Crippen molar-refractivity contribution in [2.45, 2.75) is 38.1 Å². The summed E-state index contributed by atoms with van der Waals surface area (Å²) in [5.74, 6) is 0.234. The Bertz CT molecular complexity index is 799. The number of hydrogen-bond donors (Lipinski definition) is 1. The topological polar surface area (TPSA) is 89.5 Å².